The van der Waals surface area contributed by atoms with Gasteiger partial charge in [-0.2, -0.15) is 0 Å². The first kappa shape index (κ1) is 11.3. The fourth-order valence-corrected chi connectivity index (χ4v) is 2.10. The molecule has 0 radical (unpaired) electrons. The molecule has 2 heteroatoms. The van der Waals surface area contributed by atoms with Crippen molar-refractivity contribution in [3.8, 4) is 0 Å². The fourth-order valence-electron chi connectivity index (χ4n) is 2.10. The number of rotatable bonds is 2. The molecule has 0 unspecified atom stereocenters. The van der Waals surface area contributed by atoms with Crippen molar-refractivity contribution in [2.45, 2.75) is 26.3 Å². The normalized spacial score (nSPS) is 17.6. The molecule has 2 rings (SSSR count). The van der Waals surface area contributed by atoms with Gasteiger partial charge in [-0.05, 0) is 43.5 Å². The fraction of sp³-hybridized carbons (Fsp3) is 0.429. The topological polar surface area (TPSA) is 3.24 Å². The maximum atomic E-state index is 13.1. The van der Waals surface area contributed by atoms with E-state index in [1.54, 1.807) is 12.1 Å². The Morgan fingerprint density at radius 2 is 2.12 bits per heavy atom. The van der Waals surface area contributed by atoms with Gasteiger partial charge >= 0.3 is 0 Å². The molecule has 1 nitrogen and oxygen atoms in total. The van der Waals surface area contributed by atoms with E-state index in [9.17, 15) is 4.39 Å². The van der Waals surface area contributed by atoms with Crippen molar-refractivity contribution >= 4 is 5.57 Å². The first-order valence-corrected chi connectivity index (χ1v) is 5.86. The average Bonchev–Trinajstić information content (AvgIpc) is 2.29. The van der Waals surface area contributed by atoms with Gasteiger partial charge in [0.2, 0.25) is 0 Å². The lowest BCUT2D eigenvalue weighted by Gasteiger charge is -2.29. The Balaban J connectivity index is 2.13. The Bertz CT molecular complexity index is 395. The molecule has 0 aliphatic carbocycles. The van der Waals surface area contributed by atoms with Crippen LogP contribution in [0.5, 0.6) is 0 Å². The Hall–Kier alpha value is -1.15. The second-order valence-electron chi connectivity index (χ2n) is 4.58. The quantitative estimate of drug-likeness (QED) is 0.737. The van der Waals surface area contributed by atoms with E-state index >= 15 is 0 Å². The van der Waals surface area contributed by atoms with Gasteiger partial charge in [-0.15, -0.1) is 0 Å². The smallest absolute Gasteiger partial charge is 0.123 e. The molecule has 0 saturated carbocycles. The lowest BCUT2D eigenvalue weighted by Crippen LogP contribution is -2.34. The van der Waals surface area contributed by atoms with Crippen LogP contribution in [0.15, 0.2) is 30.3 Å². The minimum atomic E-state index is -0.148. The van der Waals surface area contributed by atoms with E-state index in [0.717, 1.165) is 25.1 Å². The van der Waals surface area contributed by atoms with Gasteiger partial charge in [-0.25, -0.2) is 4.39 Å². The molecule has 0 saturated heterocycles. The molecule has 0 fully saturated rings. The molecule has 0 N–H and O–H groups in total. The molecule has 1 aromatic carbocycles. The summed E-state index contributed by atoms with van der Waals surface area (Å²) in [6.07, 6.45) is 3.24. The van der Waals surface area contributed by atoms with Crippen LogP contribution in [0.3, 0.4) is 0 Å². The third-order valence-corrected chi connectivity index (χ3v) is 3.17. The maximum absolute atomic E-state index is 13.1. The first-order chi connectivity index (χ1) is 7.66. The van der Waals surface area contributed by atoms with Crippen LogP contribution in [0.25, 0.3) is 5.57 Å². The SMILES string of the molecule is CC(C)N1CC=C(c2cccc(F)c2)CC1. The Kier molecular flexibility index (Phi) is 3.39. The Morgan fingerprint density at radius 1 is 1.31 bits per heavy atom. The van der Waals surface area contributed by atoms with Crippen molar-refractivity contribution in [2.75, 3.05) is 13.1 Å². The summed E-state index contributed by atoms with van der Waals surface area (Å²) < 4.78 is 13.1. The minimum Gasteiger partial charge on any atom is -0.297 e. The third-order valence-electron chi connectivity index (χ3n) is 3.17. The largest absolute Gasteiger partial charge is 0.297 e. The molecule has 1 heterocycles. The van der Waals surface area contributed by atoms with Crippen LogP contribution in [0, 0.1) is 5.82 Å². The second-order valence-corrected chi connectivity index (χ2v) is 4.58. The van der Waals surface area contributed by atoms with Gasteiger partial charge in [-0.1, -0.05) is 18.2 Å². The van der Waals surface area contributed by atoms with E-state index in [1.165, 1.54) is 11.6 Å². The molecule has 0 bridgehead atoms. The minimum absolute atomic E-state index is 0.148. The lowest BCUT2D eigenvalue weighted by molar-refractivity contribution is 0.245. The van der Waals surface area contributed by atoms with Crippen molar-refractivity contribution in [2.24, 2.45) is 0 Å². The molecule has 1 aromatic rings. The van der Waals surface area contributed by atoms with E-state index in [0.29, 0.717) is 6.04 Å². The van der Waals surface area contributed by atoms with Crippen molar-refractivity contribution in [1.82, 2.24) is 4.90 Å². The van der Waals surface area contributed by atoms with E-state index in [1.807, 2.05) is 6.07 Å². The highest BCUT2D eigenvalue weighted by Gasteiger charge is 2.14. The van der Waals surface area contributed by atoms with Gasteiger partial charge in [0.1, 0.15) is 5.82 Å². The van der Waals surface area contributed by atoms with E-state index in [4.69, 9.17) is 0 Å². The van der Waals surface area contributed by atoms with Gasteiger partial charge in [0, 0.05) is 19.1 Å². The highest BCUT2D eigenvalue weighted by atomic mass is 19.1. The number of halogens is 1. The highest BCUT2D eigenvalue weighted by molar-refractivity contribution is 5.66. The monoisotopic (exact) mass is 219 g/mol. The second kappa shape index (κ2) is 4.79. The molecular weight excluding hydrogens is 201 g/mol. The summed E-state index contributed by atoms with van der Waals surface area (Å²) in [6.45, 7) is 6.46. The summed E-state index contributed by atoms with van der Waals surface area (Å²) >= 11 is 0. The summed E-state index contributed by atoms with van der Waals surface area (Å²) in [5.74, 6) is -0.148. The van der Waals surface area contributed by atoms with Crippen molar-refractivity contribution < 1.29 is 4.39 Å². The number of benzene rings is 1. The third kappa shape index (κ3) is 2.50. The summed E-state index contributed by atoms with van der Waals surface area (Å²) in [5, 5.41) is 0. The molecule has 1 aliphatic rings. The van der Waals surface area contributed by atoms with Crippen LogP contribution in [-0.4, -0.2) is 24.0 Å². The molecule has 1 aliphatic heterocycles. The number of hydrogen-bond donors (Lipinski definition) is 0. The summed E-state index contributed by atoms with van der Waals surface area (Å²) in [5.41, 5.74) is 2.31. The summed E-state index contributed by atoms with van der Waals surface area (Å²) in [6, 6.07) is 7.47. The lowest BCUT2D eigenvalue weighted by atomic mass is 9.99. The zero-order valence-electron chi connectivity index (χ0n) is 9.91. The predicted octanol–water partition coefficient (Wildman–Crippen LogP) is 3.32. The van der Waals surface area contributed by atoms with Crippen LogP contribution in [-0.2, 0) is 0 Å². The van der Waals surface area contributed by atoms with Crippen LogP contribution < -0.4 is 0 Å². The van der Waals surface area contributed by atoms with Crippen LogP contribution in [0.1, 0.15) is 25.8 Å². The summed E-state index contributed by atoms with van der Waals surface area (Å²) in [7, 11) is 0. The van der Waals surface area contributed by atoms with Gasteiger partial charge < -0.3 is 0 Å². The first-order valence-electron chi connectivity index (χ1n) is 5.86. The van der Waals surface area contributed by atoms with Crippen LogP contribution in [0.4, 0.5) is 4.39 Å². The molecule has 0 aromatic heterocycles. The molecule has 16 heavy (non-hydrogen) atoms. The average molecular weight is 219 g/mol. The molecular formula is C14H18FN. The molecule has 0 amide bonds. The van der Waals surface area contributed by atoms with Crippen molar-refractivity contribution in [1.29, 1.82) is 0 Å². The zero-order chi connectivity index (χ0) is 11.5. The van der Waals surface area contributed by atoms with Crippen molar-refractivity contribution in [3.63, 3.8) is 0 Å². The van der Waals surface area contributed by atoms with Crippen LogP contribution in [0.2, 0.25) is 0 Å². The molecule has 0 atom stereocenters. The van der Waals surface area contributed by atoms with Crippen molar-refractivity contribution in [3.05, 3.63) is 41.7 Å². The van der Waals surface area contributed by atoms with E-state index in [-0.39, 0.29) is 5.82 Å². The van der Waals surface area contributed by atoms with Gasteiger partial charge in [0.05, 0.1) is 0 Å². The highest BCUT2D eigenvalue weighted by Crippen LogP contribution is 2.23. The van der Waals surface area contributed by atoms with Gasteiger partial charge in [-0.3, -0.25) is 4.90 Å². The van der Waals surface area contributed by atoms with Gasteiger partial charge in [0.15, 0.2) is 0 Å². The molecule has 0 spiro atoms. The summed E-state index contributed by atoms with van der Waals surface area (Å²) in [4.78, 5) is 2.42. The molecule has 86 valence electrons. The zero-order valence-corrected chi connectivity index (χ0v) is 9.91. The van der Waals surface area contributed by atoms with E-state index < -0.39 is 0 Å². The van der Waals surface area contributed by atoms with Crippen LogP contribution >= 0.6 is 0 Å². The van der Waals surface area contributed by atoms with Gasteiger partial charge in [0.25, 0.3) is 0 Å². The standard InChI is InChI=1S/C14H18FN/c1-11(2)16-8-6-12(7-9-16)13-4-3-5-14(15)10-13/h3-6,10-11H,7-9H2,1-2H3. The maximum Gasteiger partial charge on any atom is 0.123 e. The predicted molar refractivity (Wildman–Crippen MR) is 65.7 cm³/mol. The Morgan fingerprint density at radius 3 is 2.69 bits per heavy atom. The van der Waals surface area contributed by atoms with E-state index in [2.05, 4.69) is 24.8 Å². The number of nitrogens with zero attached hydrogens (tertiary/aromatic N) is 1. The number of hydrogen-bond acceptors (Lipinski definition) is 1. The Labute approximate surface area is 96.6 Å².